The third-order valence-corrected chi connectivity index (χ3v) is 6.15. The molecule has 1 aromatic heterocycles. The molecule has 0 saturated heterocycles. The first kappa shape index (κ1) is 19.7. The summed E-state index contributed by atoms with van der Waals surface area (Å²) in [4.78, 5) is 3.28. The lowest BCUT2D eigenvalue weighted by atomic mass is 10.2. The third-order valence-electron chi connectivity index (χ3n) is 4.10. The Morgan fingerprint density at radius 2 is 1.93 bits per heavy atom. The predicted molar refractivity (Wildman–Crippen MR) is 111 cm³/mol. The van der Waals surface area contributed by atoms with Gasteiger partial charge in [-0.25, -0.2) is 18.1 Å². The fraction of sp³-hybridized carbons (Fsp3) is 0.150. The van der Waals surface area contributed by atoms with Crippen molar-refractivity contribution < 1.29 is 18.7 Å². The van der Waals surface area contributed by atoms with E-state index >= 15 is 0 Å². The van der Waals surface area contributed by atoms with Crippen LogP contribution in [-0.2, 0) is 10.0 Å². The van der Waals surface area contributed by atoms with Crippen molar-refractivity contribution in [3.63, 3.8) is 0 Å². The molecule has 5 nitrogen and oxygen atoms in total. The first-order valence-electron chi connectivity index (χ1n) is 8.68. The number of quaternary nitrogens is 1. The van der Waals surface area contributed by atoms with Gasteiger partial charge in [-0.1, -0.05) is 40.2 Å². The molecule has 0 amide bonds. The third kappa shape index (κ3) is 5.46. The number of nitrogens with one attached hydrogen (secondary N) is 2. The van der Waals surface area contributed by atoms with Crippen molar-refractivity contribution in [1.29, 1.82) is 0 Å². The van der Waals surface area contributed by atoms with Crippen molar-refractivity contribution in [2.24, 2.45) is 0 Å². The topological polar surface area (TPSA) is 76.9 Å². The van der Waals surface area contributed by atoms with Crippen LogP contribution in [0.3, 0.4) is 0 Å². The molecule has 0 saturated carbocycles. The molecule has 7 heteroatoms. The van der Waals surface area contributed by atoms with E-state index in [2.05, 4.69) is 43.1 Å². The second kappa shape index (κ2) is 9.23. The number of aromatic amines is 1. The zero-order valence-electron chi connectivity index (χ0n) is 14.7. The van der Waals surface area contributed by atoms with Gasteiger partial charge in [-0.15, -0.1) is 0 Å². The zero-order valence-corrected chi connectivity index (χ0v) is 17.1. The standard InChI is InChI=1S/C20H20BrN3O2S/c21-18-8-6-16(7-9-18)3-2-11-22-13-14-24-27(25,26)20-5-1-4-17-15-23-12-10-19(17)20/h1-10,12,15,22,24H,11,13-14H2/p+2. The number of hydrogen-bond acceptors (Lipinski definition) is 2. The Morgan fingerprint density at radius 3 is 2.74 bits per heavy atom. The molecule has 0 spiro atoms. The number of sulfonamides is 1. The van der Waals surface area contributed by atoms with E-state index in [9.17, 15) is 8.42 Å². The monoisotopic (exact) mass is 447 g/mol. The SMILES string of the molecule is O=S(=O)(NCC[NH2+]CC=Cc1ccc(Br)cc1)c1cccc2c[nH+]ccc12. The van der Waals surface area contributed by atoms with E-state index in [1.165, 1.54) is 0 Å². The van der Waals surface area contributed by atoms with Crippen LogP contribution in [0.25, 0.3) is 16.8 Å². The van der Waals surface area contributed by atoms with Crippen LogP contribution in [0.15, 0.2) is 76.4 Å². The number of hydrogen-bond donors (Lipinski definition) is 2. The predicted octanol–water partition coefficient (Wildman–Crippen LogP) is 1.97. The van der Waals surface area contributed by atoms with E-state index < -0.39 is 10.0 Å². The first-order chi connectivity index (χ1) is 13.1. The molecule has 2 aromatic carbocycles. The normalized spacial score (nSPS) is 12.0. The molecular formula is C20H22BrN3O2S+2. The van der Waals surface area contributed by atoms with Gasteiger partial charge < -0.3 is 5.32 Å². The second-order valence-electron chi connectivity index (χ2n) is 6.07. The molecule has 0 bridgehead atoms. The molecule has 140 valence electrons. The van der Waals surface area contributed by atoms with Crippen molar-refractivity contribution in [3.05, 3.63) is 77.0 Å². The molecule has 0 radical (unpaired) electrons. The molecule has 0 unspecified atom stereocenters. The van der Waals surface area contributed by atoms with Gasteiger partial charge in [0.15, 0.2) is 12.4 Å². The fourth-order valence-electron chi connectivity index (χ4n) is 2.73. The molecule has 27 heavy (non-hydrogen) atoms. The summed E-state index contributed by atoms with van der Waals surface area (Å²) >= 11 is 3.41. The smallest absolute Gasteiger partial charge is 0.241 e. The van der Waals surface area contributed by atoms with Gasteiger partial charge in [0.1, 0.15) is 0 Å². The minimum atomic E-state index is -3.53. The van der Waals surface area contributed by atoms with Crippen molar-refractivity contribution in [3.8, 4) is 0 Å². The largest absolute Gasteiger partial charge is 0.342 e. The van der Waals surface area contributed by atoms with E-state index in [0.29, 0.717) is 23.4 Å². The van der Waals surface area contributed by atoms with Gasteiger partial charge in [0.05, 0.1) is 24.5 Å². The van der Waals surface area contributed by atoms with Gasteiger partial charge in [-0.3, -0.25) is 0 Å². The lowest BCUT2D eigenvalue weighted by molar-refractivity contribution is -0.643. The molecule has 0 atom stereocenters. The summed E-state index contributed by atoms with van der Waals surface area (Å²) < 4.78 is 28.9. The lowest BCUT2D eigenvalue weighted by Crippen LogP contribution is -2.85. The maximum Gasteiger partial charge on any atom is 0.241 e. The molecule has 0 aliphatic carbocycles. The number of aromatic nitrogens is 1. The van der Waals surface area contributed by atoms with E-state index in [1.807, 2.05) is 30.3 Å². The van der Waals surface area contributed by atoms with Crippen molar-refractivity contribution in [2.45, 2.75) is 4.90 Å². The number of pyridine rings is 1. The van der Waals surface area contributed by atoms with Crippen LogP contribution in [0.5, 0.6) is 0 Å². The Labute approximate surface area is 167 Å². The number of halogens is 1. The highest BCUT2D eigenvalue weighted by molar-refractivity contribution is 9.10. The minimum absolute atomic E-state index is 0.309. The van der Waals surface area contributed by atoms with E-state index in [0.717, 1.165) is 22.0 Å². The number of rotatable bonds is 8. The summed E-state index contributed by atoms with van der Waals surface area (Å²) in [6.45, 7) is 1.84. The Morgan fingerprint density at radius 1 is 1.11 bits per heavy atom. The Balaban J connectivity index is 1.49. The van der Waals surface area contributed by atoms with Crippen LogP contribution in [0.2, 0.25) is 0 Å². The van der Waals surface area contributed by atoms with E-state index in [-0.39, 0.29) is 0 Å². The average molecular weight is 448 g/mol. The molecule has 0 aliphatic heterocycles. The van der Waals surface area contributed by atoms with Crippen LogP contribution in [0, 0.1) is 0 Å². The van der Waals surface area contributed by atoms with Crippen LogP contribution >= 0.6 is 15.9 Å². The molecule has 4 N–H and O–H groups in total. The highest BCUT2D eigenvalue weighted by atomic mass is 79.9. The van der Waals surface area contributed by atoms with Gasteiger partial charge in [0.25, 0.3) is 0 Å². The summed E-state index contributed by atoms with van der Waals surface area (Å²) in [5.41, 5.74) is 1.14. The van der Waals surface area contributed by atoms with Crippen LogP contribution in [-0.4, -0.2) is 28.1 Å². The van der Waals surface area contributed by atoms with Crippen LogP contribution in [0.1, 0.15) is 5.56 Å². The highest BCUT2D eigenvalue weighted by Gasteiger charge is 2.17. The van der Waals surface area contributed by atoms with Crippen LogP contribution in [0.4, 0.5) is 0 Å². The summed E-state index contributed by atoms with van der Waals surface area (Å²) in [7, 11) is -3.53. The zero-order chi connectivity index (χ0) is 19.1. The maximum atomic E-state index is 12.6. The van der Waals surface area contributed by atoms with Crippen LogP contribution < -0.4 is 15.0 Å². The van der Waals surface area contributed by atoms with Gasteiger partial charge >= 0.3 is 0 Å². The Kier molecular flexibility index (Phi) is 6.73. The maximum absolute atomic E-state index is 12.6. The number of benzene rings is 2. The molecule has 3 aromatic rings. The lowest BCUT2D eigenvalue weighted by Gasteiger charge is -2.08. The summed E-state index contributed by atoms with van der Waals surface area (Å²) in [6, 6.07) is 15.1. The first-order valence-corrected chi connectivity index (χ1v) is 11.0. The van der Waals surface area contributed by atoms with Gasteiger partial charge in [0.2, 0.25) is 10.0 Å². The molecule has 3 rings (SSSR count). The molecule has 1 heterocycles. The Bertz CT molecular complexity index is 1030. The number of fused-ring (bicyclic) bond motifs is 1. The molecule has 0 fully saturated rings. The highest BCUT2D eigenvalue weighted by Crippen LogP contribution is 2.20. The van der Waals surface area contributed by atoms with Crippen molar-refractivity contribution >= 4 is 42.8 Å². The minimum Gasteiger partial charge on any atom is -0.342 e. The van der Waals surface area contributed by atoms with Gasteiger partial charge in [-0.05, 0) is 35.9 Å². The van der Waals surface area contributed by atoms with Crippen molar-refractivity contribution in [2.75, 3.05) is 19.6 Å². The van der Waals surface area contributed by atoms with Gasteiger partial charge in [-0.2, -0.15) is 0 Å². The van der Waals surface area contributed by atoms with E-state index in [4.69, 9.17) is 0 Å². The van der Waals surface area contributed by atoms with Crippen molar-refractivity contribution in [1.82, 2.24) is 4.72 Å². The average Bonchev–Trinajstić information content (AvgIpc) is 2.68. The quantitative estimate of drug-likeness (QED) is 0.517. The Hall–Kier alpha value is -2.06. The summed E-state index contributed by atoms with van der Waals surface area (Å²) in [5.74, 6) is 0. The second-order valence-corrected chi connectivity index (χ2v) is 8.72. The molecule has 0 aliphatic rings. The summed E-state index contributed by atoms with van der Waals surface area (Å²) in [5, 5.41) is 3.64. The number of nitrogens with two attached hydrogens (primary N) is 1. The van der Waals surface area contributed by atoms with Gasteiger partial charge in [0, 0.05) is 21.3 Å². The molecular weight excluding hydrogens is 426 g/mol. The van der Waals surface area contributed by atoms with E-state index in [1.54, 1.807) is 30.6 Å². The fourth-order valence-corrected chi connectivity index (χ4v) is 4.27. The number of H-pyrrole nitrogens is 1. The summed E-state index contributed by atoms with van der Waals surface area (Å²) in [6.07, 6.45) is 7.64.